The molecule has 1 aliphatic carbocycles. The fraction of sp³-hybridized carbons (Fsp3) is 0.867. The van der Waals surface area contributed by atoms with Gasteiger partial charge in [-0.05, 0) is 18.3 Å². The molecule has 1 aromatic heterocycles. The van der Waals surface area contributed by atoms with Gasteiger partial charge in [0.15, 0.2) is 5.82 Å². The molecule has 0 spiro atoms. The largest absolute Gasteiger partial charge is 0.339 e. The highest BCUT2D eigenvalue weighted by Crippen LogP contribution is 2.36. The van der Waals surface area contributed by atoms with Crippen molar-refractivity contribution in [1.82, 2.24) is 10.1 Å². The van der Waals surface area contributed by atoms with Crippen molar-refractivity contribution >= 4 is 0 Å². The molecule has 4 nitrogen and oxygen atoms in total. The first-order chi connectivity index (χ1) is 8.95. The minimum Gasteiger partial charge on any atom is -0.339 e. The molecular weight excluding hydrogens is 238 g/mol. The summed E-state index contributed by atoms with van der Waals surface area (Å²) in [7, 11) is 0. The summed E-state index contributed by atoms with van der Waals surface area (Å²) < 4.78 is 5.56. The molecule has 108 valence electrons. The summed E-state index contributed by atoms with van der Waals surface area (Å²) in [6.45, 7) is 7.18. The Morgan fingerprint density at radius 1 is 1.16 bits per heavy atom. The van der Waals surface area contributed by atoms with Crippen molar-refractivity contribution in [2.75, 3.05) is 6.54 Å². The molecule has 0 atom stereocenters. The molecule has 0 radical (unpaired) electrons. The second-order valence-electron chi connectivity index (χ2n) is 7.15. The molecule has 19 heavy (non-hydrogen) atoms. The Morgan fingerprint density at radius 2 is 1.79 bits per heavy atom. The van der Waals surface area contributed by atoms with Crippen LogP contribution in [0.3, 0.4) is 0 Å². The van der Waals surface area contributed by atoms with E-state index in [-0.39, 0.29) is 10.8 Å². The zero-order valence-corrected chi connectivity index (χ0v) is 12.5. The fourth-order valence-corrected chi connectivity index (χ4v) is 2.93. The van der Waals surface area contributed by atoms with E-state index in [1.807, 2.05) is 0 Å². The van der Waals surface area contributed by atoms with Gasteiger partial charge in [-0.15, -0.1) is 0 Å². The average Bonchev–Trinajstić information content (AvgIpc) is 2.64. The van der Waals surface area contributed by atoms with Gasteiger partial charge in [0.2, 0.25) is 5.89 Å². The molecular formula is C15H27N3O. The summed E-state index contributed by atoms with van der Waals surface area (Å²) in [6, 6.07) is 0. The quantitative estimate of drug-likeness (QED) is 0.852. The van der Waals surface area contributed by atoms with Gasteiger partial charge in [0.25, 0.3) is 0 Å². The summed E-state index contributed by atoms with van der Waals surface area (Å²) >= 11 is 0. The van der Waals surface area contributed by atoms with Gasteiger partial charge in [-0.25, -0.2) is 0 Å². The lowest BCUT2D eigenvalue weighted by Gasteiger charge is -2.26. The Hall–Kier alpha value is -0.900. The topological polar surface area (TPSA) is 64.9 Å². The third-order valence-electron chi connectivity index (χ3n) is 4.06. The van der Waals surface area contributed by atoms with E-state index in [1.165, 1.54) is 25.7 Å². The number of nitrogens with two attached hydrogens (primary N) is 1. The van der Waals surface area contributed by atoms with Crippen LogP contribution in [0, 0.1) is 5.41 Å². The lowest BCUT2D eigenvalue weighted by Crippen LogP contribution is -2.35. The average molecular weight is 265 g/mol. The van der Waals surface area contributed by atoms with Crippen molar-refractivity contribution in [3.05, 3.63) is 11.7 Å². The van der Waals surface area contributed by atoms with Crippen LogP contribution in [0.1, 0.15) is 71.0 Å². The van der Waals surface area contributed by atoms with Gasteiger partial charge in [0, 0.05) is 13.0 Å². The summed E-state index contributed by atoms with van der Waals surface area (Å²) in [5.74, 6) is 1.59. The second kappa shape index (κ2) is 5.61. The van der Waals surface area contributed by atoms with E-state index in [0.29, 0.717) is 6.54 Å². The standard InChI is InChI=1S/C15H27N3O/c1-14(2,3)10-12-17-13(19-18-12)15(11-16)8-6-4-5-7-9-15/h4-11,16H2,1-3H3. The number of hydrogen-bond acceptors (Lipinski definition) is 4. The predicted molar refractivity (Wildman–Crippen MR) is 75.9 cm³/mol. The molecule has 0 unspecified atom stereocenters. The van der Waals surface area contributed by atoms with Crippen LogP contribution >= 0.6 is 0 Å². The van der Waals surface area contributed by atoms with Gasteiger partial charge in [-0.1, -0.05) is 51.6 Å². The highest BCUT2D eigenvalue weighted by molar-refractivity contribution is 5.07. The smallest absolute Gasteiger partial charge is 0.234 e. The van der Waals surface area contributed by atoms with E-state index in [9.17, 15) is 0 Å². The highest BCUT2D eigenvalue weighted by atomic mass is 16.5. The summed E-state index contributed by atoms with van der Waals surface area (Å²) in [6.07, 6.45) is 8.04. The number of hydrogen-bond donors (Lipinski definition) is 1. The van der Waals surface area contributed by atoms with E-state index in [1.54, 1.807) is 0 Å². The molecule has 1 aromatic rings. The molecule has 2 N–H and O–H groups in total. The van der Waals surface area contributed by atoms with Gasteiger partial charge in [-0.2, -0.15) is 4.98 Å². The van der Waals surface area contributed by atoms with Crippen LogP contribution < -0.4 is 5.73 Å². The van der Waals surface area contributed by atoms with Crippen molar-refractivity contribution in [2.45, 2.75) is 71.1 Å². The summed E-state index contributed by atoms with van der Waals surface area (Å²) in [5, 5.41) is 4.16. The molecule has 4 heteroatoms. The zero-order valence-electron chi connectivity index (χ0n) is 12.5. The lowest BCUT2D eigenvalue weighted by atomic mass is 9.80. The third kappa shape index (κ3) is 3.56. The molecule has 0 amide bonds. The Kier molecular flexibility index (Phi) is 4.29. The lowest BCUT2D eigenvalue weighted by molar-refractivity contribution is 0.255. The van der Waals surface area contributed by atoms with Gasteiger partial charge in [0.1, 0.15) is 0 Å². The molecule has 1 fully saturated rings. The van der Waals surface area contributed by atoms with Crippen LogP contribution in [-0.4, -0.2) is 16.7 Å². The SMILES string of the molecule is CC(C)(C)Cc1noc(C2(CN)CCCCCC2)n1. The fourth-order valence-electron chi connectivity index (χ4n) is 2.93. The Balaban J connectivity index is 2.19. The van der Waals surface area contributed by atoms with Crippen molar-refractivity contribution in [3.8, 4) is 0 Å². The summed E-state index contributed by atoms with van der Waals surface area (Å²) in [5.41, 5.74) is 6.16. The van der Waals surface area contributed by atoms with E-state index in [4.69, 9.17) is 10.3 Å². The molecule has 1 aliphatic rings. The van der Waals surface area contributed by atoms with Crippen LogP contribution in [0.25, 0.3) is 0 Å². The molecule has 0 bridgehead atoms. The van der Waals surface area contributed by atoms with Gasteiger partial charge >= 0.3 is 0 Å². The first-order valence-corrected chi connectivity index (χ1v) is 7.48. The van der Waals surface area contributed by atoms with E-state index < -0.39 is 0 Å². The van der Waals surface area contributed by atoms with E-state index in [0.717, 1.165) is 31.0 Å². The maximum Gasteiger partial charge on any atom is 0.234 e. The molecule has 0 saturated heterocycles. The van der Waals surface area contributed by atoms with Crippen LogP contribution in [0.2, 0.25) is 0 Å². The maximum atomic E-state index is 6.05. The Morgan fingerprint density at radius 3 is 2.32 bits per heavy atom. The van der Waals surface area contributed by atoms with E-state index >= 15 is 0 Å². The molecule has 1 heterocycles. The van der Waals surface area contributed by atoms with Gasteiger partial charge in [-0.3, -0.25) is 0 Å². The van der Waals surface area contributed by atoms with Crippen LogP contribution in [0.15, 0.2) is 4.52 Å². The van der Waals surface area contributed by atoms with Gasteiger partial charge in [0.05, 0.1) is 5.41 Å². The second-order valence-corrected chi connectivity index (χ2v) is 7.15. The Labute approximate surface area is 116 Å². The molecule has 0 aromatic carbocycles. The molecule has 0 aliphatic heterocycles. The molecule has 1 saturated carbocycles. The first-order valence-electron chi connectivity index (χ1n) is 7.48. The maximum absolute atomic E-state index is 6.05. The van der Waals surface area contributed by atoms with E-state index in [2.05, 4.69) is 30.9 Å². The molecule has 2 rings (SSSR count). The minimum atomic E-state index is -0.0698. The van der Waals surface area contributed by atoms with Crippen LogP contribution in [0.4, 0.5) is 0 Å². The monoisotopic (exact) mass is 265 g/mol. The third-order valence-corrected chi connectivity index (χ3v) is 4.06. The first kappa shape index (κ1) is 14.5. The normalized spacial score (nSPS) is 20.2. The van der Waals surface area contributed by atoms with Crippen molar-refractivity contribution in [2.24, 2.45) is 11.1 Å². The zero-order chi connectivity index (χ0) is 13.9. The Bertz CT molecular complexity index is 398. The number of rotatable bonds is 3. The predicted octanol–water partition coefficient (Wildman–Crippen LogP) is 3.21. The van der Waals surface area contributed by atoms with Crippen LogP contribution in [0.5, 0.6) is 0 Å². The van der Waals surface area contributed by atoms with Crippen molar-refractivity contribution < 1.29 is 4.52 Å². The van der Waals surface area contributed by atoms with Crippen LogP contribution in [-0.2, 0) is 11.8 Å². The minimum absolute atomic E-state index is 0.0698. The summed E-state index contributed by atoms with van der Waals surface area (Å²) in [4.78, 5) is 4.65. The van der Waals surface area contributed by atoms with Gasteiger partial charge < -0.3 is 10.3 Å². The highest BCUT2D eigenvalue weighted by Gasteiger charge is 2.37. The van der Waals surface area contributed by atoms with Crippen molar-refractivity contribution in [1.29, 1.82) is 0 Å². The van der Waals surface area contributed by atoms with Crippen molar-refractivity contribution in [3.63, 3.8) is 0 Å². The number of nitrogens with zero attached hydrogens (tertiary/aromatic N) is 2. The number of aromatic nitrogens is 2.